The van der Waals surface area contributed by atoms with E-state index in [4.69, 9.17) is 10.5 Å². The molecule has 0 radical (unpaired) electrons. The third-order valence-electron chi connectivity index (χ3n) is 3.53. The number of anilines is 1. The lowest BCUT2D eigenvalue weighted by molar-refractivity contribution is 0.108. The summed E-state index contributed by atoms with van der Waals surface area (Å²) in [5.41, 5.74) is 7.10. The van der Waals surface area contributed by atoms with E-state index in [2.05, 4.69) is 25.9 Å². The molecule has 2 unspecified atom stereocenters. The lowest BCUT2D eigenvalue weighted by Gasteiger charge is -2.20. The van der Waals surface area contributed by atoms with E-state index in [0.717, 1.165) is 30.8 Å². The van der Waals surface area contributed by atoms with Crippen molar-refractivity contribution in [2.45, 2.75) is 57.6 Å². The summed E-state index contributed by atoms with van der Waals surface area (Å²) in [5.74, 6) is 1.26. The van der Waals surface area contributed by atoms with Crippen LogP contribution < -0.4 is 5.73 Å². The number of aromatic nitrogens is 2. The van der Waals surface area contributed by atoms with Crippen LogP contribution in [0, 0.1) is 0 Å². The molecule has 0 aromatic carbocycles. The second-order valence-electron chi connectivity index (χ2n) is 5.94. The first-order chi connectivity index (χ1) is 7.91. The van der Waals surface area contributed by atoms with E-state index in [1.165, 1.54) is 0 Å². The molecule has 2 N–H and O–H groups in total. The molecule has 4 nitrogen and oxygen atoms in total. The lowest BCUT2D eigenvalue weighted by Crippen LogP contribution is -2.24. The van der Waals surface area contributed by atoms with Crippen molar-refractivity contribution >= 4 is 5.82 Å². The molecule has 1 heterocycles. The average Bonchev–Trinajstić information content (AvgIpc) is 2.81. The summed E-state index contributed by atoms with van der Waals surface area (Å²) in [7, 11) is 1.79. The Labute approximate surface area is 103 Å². The SMILES string of the molecule is COC1CCC(c2cc(N)n(C(C)(C)C)n2)C1. The standard InChI is InChI=1S/C13H23N3O/c1-13(2,3)16-12(14)8-11(15-16)9-5-6-10(7-9)17-4/h8-10H,5-7,14H2,1-4H3. The number of hydrogen-bond donors (Lipinski definition) is 1. The number of rotatable bonds is 2. The Hall–Kier alpha value is -1.03. The van der Waals surface area contributed by atoms with Crippen molar-refractivity contribution in [2.24, 2.45) is 0 Å². The van der Waals surface area contributed by atoms with Gasteiger partial charge in [-0.1, -0.05) is 0 Å². The second kappa shape index (κ2) is 4.33. The van der Waals surface area contributed by atoms with Gasteiger partial charge in [0.05, 0.1) is 17.3 Å². The Morgan fingerprint density at radius 1 is 1.41 bits per heavy atom. The Morgan fingerprint density at radius 2 is 2.12 bits per heavy atom. The molecule has 0 bridgehead atoms. The zero-order valence-electron chi connectivity index (χ0n) is 11.2. The molecule has 0 aliphatic heterocycles. The van der Waals surface area contributed by atoms with Gasteiger partial charge < -0.3 is 10.5 Å². The first-order valence-electron chi connectivity index (χ1n) is 6.30. The third-order valence-corrected chi connectivity index (χ3v) is 3.53. The van der Waals surface area contributed by atoms with Crippen LogP contribution in [0.25, 0.3) is 0 Å². The molecule has 1 aliphatic carbocycles. The summed E-state index contributed by atoms with van der Waals surface area (Å²) in [5, 5.41) is 4.67. The van der Waals surface area contributed by atoms with Crippen LogP contribution in [0.3, 0.4) is 0 Å². The lowest BCUT2D eigenvalue weighted by atomic mass is 10.0. The molecular weight excluding hydrogens is 214 g/mol. The fourth-order valence-corrected chi connectivity index (χ4v) is 2.57. The molecule has 0 spiro atoms. The molecule has 17 heavy (non-hydrogen) atoms. The molecule has 96 valence electrons. The molecular formula is C13H23N3O. The summed E-state index contributed by atoms with van der Waals surface area (Å²) in [6.45, 7) is 6.35. The summed E-state index contributed by atoms with van der Waals surface area (Å²) in [4.78, 5) is 0. The van der Waals surface area contributed by atoms with Crippen LogP contribution >= 0.6 is 0 Å². The van der Waals surface area contributed by atoms with Gasteiger partial charge in [-0.05, 0) is 40.0 Å². The van der Waals surface area contributed by atoms with E-state index in [-0.39, 0.29) is 5.54 Å². The van der Waals surface area contributed by atoms with Gasteiger partial charge in [0.15, 0.2) is 0 Å². The number of methoxy groups -OCH3 is 1. The quantitative estimate of drug-likeness (QED) is 0.859. The molecule has 1 aromatic rings. The first-order valence-corrected chi connectivity index (χ1v) is 6.30. The highest BCUT2D eigenvalue weighted by molar-refractivity contribution is 5.34. The fraction of sp³-hybridized carbons (Fsp3) is 0.769. The minimum atomic E-state index is -0.0540. The molecule has 1 saturated carbocycles. The molecule has 4 heteroatoms. The number of hydrogen-bond acceptors (Lipinski definition) is 3. The number of nitrogens with two attached hydrogens (primary N) is 1. The highest BCUT2D eigenvalue weighted by Crippen LogP contribution is 2.36. The van der Waals surface area contributed by atoms with E-state index in [9.17, 15) is 0 Å². The molecule has 1 fully saturated rings. The zero-order chi connectivity index (χ0) is 12.6. The Bertz CT molecular complexity index is 392. The van der Waals surface area contributed by atoms with Gasteiger partial charge in [-0.15, -0.1) is 0 Å². The Kier molecular flexibility index (Phi) is 3.17. The zero-order valence-corrected chi connectivity index (χ0v) is 11.2. The fourth-order valence-electron chi connectivity index (χ4n) is 2.57. The van der Waals surface area contributed by atoms with Crippen molar-refractivity contribution < 1.29 is 4.74 Å². The van der Waals surface area contributed by atoms with Crippen molar-refractivity contribution in [1.29, 1.82) is 0 Å². The molecule has 2 rings (SSSR count). The van der Waals surface area contributed by atoms with Crippen LogP contribution in [0.15, 0.2) is 6.07 Å². The van der Waals surface area contributed by atoms with Crippen LogP contribution in [0.2, 0.25) is 0 Å². The Balaban J connectivity index is 2.18. The van der Waals surface area contributed by atoms with Gasteiger partial charge in [0.1, 0.15) is 5.82 Å². The van der Waals surface area contributed by atoms with E-state index in [0.29, 0.717) is 12.0 Å². The molecule has 0 amide bonds. The van der Waals surface area contributed by atoms with E-state index >= 15 is 0 Å². The van der Waals surface area contributed by atoms with Gasteiger partial charge in [0, 0.05) is 19.1 Å². The van der Waals surface area contributed by atoms with Crippen molar-refractivity contribution in [3.05, 3.63) is 11.8 Å². The third kappa shape index (κ3) is 2.46. The van der Waals surface area contributed by atoms with Crippen molar-refractivity contribution in [3.8, 4) is 0 Å². The molecule has 1 aromatic heterocycles. The first kappa shape index (κ1) is 12.4. The van der Waals surface area contributed by atoms with Crippen LogP contribution in [0.4, 0.5) is 5.82 Å². The van der Waals surface area contributed by atoms with Crippen molar-refractivity contribution in [3.63, 3.8) is 0 Å². The highest BCUT2D eigenvalue weighted by atomic mass is 16.5. The number of nitrogens with zero attached hydrogens (tertiary/aromatic N) is 2. The second-order valence-corrected chi connectivity index (χ2v) is 5.94. The predicted octanol–water partition coefficient (Wildman–Crippen LogP) is 2.50. The molecule has 2 atom stereocenters. The van der Waals surface area contributed by atoms with Crippen LogP contribution in [0.1, 0.15) is 51.6 Å². The van der Waals surface area contributed by atoms with Crippen molar-refractivity contribution in [1.82, 2.24) is 9.78 Å². The maximum absolute atomic E-state index is 6.03. The number of nitrogen functional groups attached to an aromatic ring is 1. The maximum atomic E-state index is 6.03. The van der Waals surface area contributed by atoms with Gasteiger partial charge in [-0.25, -0.2) is 4.68 Å². The minimum absolute atomic E-state index is 0.0540. The Morgan fingerprint density at radius 3 is 2.59 bits per heavy atom. The summed E-state index contributed by atoms with van der Waals surface area (Å²) in [6, 6.07) is 2.02. The van der Waals surface area contributed by atoms with E-state index in [1.54, 1.807) is 7.11 Å². The van der Waals surface area contributed by atoms with Gasteiger partial charge in [0.2, 0.25) is 0 Å². The van der Waals surface area contributed by atoms with Gasteiger partial charge in [0.25, 0.3) is 0 Å². The maximum Gasteiger partial charge on any atom is 0.122 e. The van der Waals surface area contributed by atoms with Crippen LogP contribution in [-0.2, 0) is 10.3 Å². The summed E-state index contributed by atoms with van der Waals surface area (Å²) in [6.07, 6.45) is 3.74. The number of ether oxygens (including phenoxy) is 1. The van der Waals surface area contributed by atoms with Crippen molar-refractivity contribution in [2.75, 3.05) is 12.8 Å². The van der Waals surface area contributed by atoms with E-state index in [1.807, 2.05) is 10.7 Å². The van der Waals surface area contributed by atoms with Crippen LogP contribution in [-0.4, -0.2) is 23.0 Å². The average molecular weight is 237 g/mol. The molecule has 1 aliphatic rings. The van der Waals surface area contributed by atoms with Gasteiger partial charge in [-0.3, -0.25) is 0 Å². The normalized spacial score (nSPS) is 25.4. The summed E-state index contributed by atoms with van der Waals surface area (Å²) >= 11 is 0. The minimum Gasteiger partial charge on any atom is -0.384 e. The highest BCUT2D eigenvalue weighted by Gasteiger charge is 2.29. The summed E-state index contributed by atoms with van der Waals surface area (Å²) < 4.78 is 7.32. The smallest absolute Gasteiger partial charge is 0.122 e. The molecule has 0 saturated heterocycles. The monoisotopic (exact) mass is 237 g/mol. The van der Waals surface area contributed by atoms with Gasteiger partial charge >= 0.3 is 0 Å². The van der Waals surface area contributed by atoms with Gasteiger partial charge in [-0.2, -0.15) is 5.10 Å². The van der Waals surface area contributed by atoms with E-state index < -0.39 is 0 Å². The topological polar surface area (TPSA) is 53.1 Å². The predicted molar refractivity (Wildman–Crippen MR) is 69.0 cm³/mol. The van der Waals surface area contributed by atoms with Crippen LogP contribution in [0.5, 0.6) is 0 Å². The largest absolute Gasteiger partial charge is 0.384 e.